The molecule has 2 heterocycles. The van der Waals surface area contributed by atoms with Gasteiger partial charge in [-0.2, -0.15) is 0 Å². The van der Waals surface area contributed by atoms with Crippen molar-refractivity contribution < 1.29 is 19.2 Å². The van der Waals surface area contributed by atoms with Crippen LogP contribution in [-0.2, 0) is 0 Å². The number of amides is 4. The number of hydrogen-bond acceptors (Lipinski definition) is 7. The molecule has 0 spiro atoms. The second kappa shape index (κ2) is 12.7. The van der Waals surface area contributed by atoms with Gasteiger partial charge in [-0.3, -0.25) is 29.0 Å². The van der Waals surface area contributed by atoms with E-state index in [1.165, 1.54) is 9.80 Å². The molecule has 0 unspecified atom stereocenters. The summed E-state index contributed by atoms with van der Waals surface area (Å²) in [5.41, 5.74) is 2.30. The van der Waals surface area contributed by atoms with Crippen molar-refractivity contribution in [1.29, 1.82) is 0 Å². The molecule has 0 atom stereocenters. The normalized spacial score (nSPS) is 14.6. The van der Waals surface area contributed by atoms with Gasteiger partial charge >= 0.3 is 0 Å². The predicted molar refractivity (Wildman–Crippen MR) is 171 cm³/mol. The van der Waals surface area contributed by atoms with Crippen LogP contribution >= 0.6 is 0 Å². The van der Waals surface area contributed by atoms with Crippen molar-refractivity contribution >= 4 is 45.2 Å². The molecule has 1 N–H and O–H groups in total. The molecule has 9 heteroatoms. The number of carbonyl (C=O) groups excluding carboxylic acids is 4. The van der Waals surface area contributed by atoms with Crippen molar-refractivity contribution in [2.24, 2.45) is 0 Å². The smallest absolute Gasteiger partial charge is 0.261 e. The molecule has 6 rings (SSSR count). The van der Waals surface area contributed by atoms with Crippen LogP contribution in [0.25, 0.3) is 21.5 Å². The Labute approximate surface area is 257 Å². The summed E-state index contributed by atoms with van der Waals surface area (Å²) >= 11 is 0. The highest BCUT2D eigenvalue weighted by Crippen LogP contribution is 2.31. The maximum absolute atomic E-state index is 13.3. The zero-order valence-corrected chi connectivity index (χ0v) is 25.2. The number of likely N-dealkylation sites (N-methyl/N-ethyl adjacent to an activating group) is 2. The Morgan fingerprint density at radius 2 is 1.00 bits per heavy atom. The maximum atomic E-state index is 13.3. The summed E-state index contributed by atoms with van der Waals surface area (Å²) in [7, 11) is 3.90. The second-order valence-corrected chi connectivity index (χ2v) is 11.5. The van der Waals surface area contributed by atoms with E-state index in [1.54, 1.807) is 24.3 Å². The van der Waals surface area contributed by atoms with Gasteiger partial charge in [0.15, 0.2) is 0 Å². The van der Waals surface area contributed by atoms with Crippen LogP contribution in [0.15, 0.2) is 72.8 Å². The van der Waals surface area contributed by atoms with Gasteiger partial charge in [0, 0.05) is 72.3 Å². The summed E-state index contributed by atoms with van der Waals surface area (Å²) < 4.78 is 0. The average molecular weight is 592 g/mol. The van der Waals surface area contributed by atoms with Crippen molar-refractivity contribution in [1.82, 2.24) is 24.9 Å². The molecule has 0 saturated heterocycles. The third kappa shape index (κ3) is 5.50. The first-order chi connectivity index (χ1) is 21.4. The van der Waals surface area contributed by atoms with E-state index in [4.69, 9.17) is 0 Å². The zero-order chi connectivity index (χ0) is 30.8. The molecule has 0 aliphatic carbocycles. The van der Waals surface area contributed by atoms with Crippen LogP contribution in [0.2, 0.25) is 0 Å². The van der Waals surface area contributed by atoms with Crippen LogP contribution in [0.4, 0.5) is 0 Å². The standard InChI is InChI=1S/C35H37N5O4/c1-36-16-19-38(21-23-40-34(43)28-14-5-10-25-11-6-15-29(31(25)28)35(40)44)18-7-17-37(2)20-22-39-32(41)26-12-3-8-24-9-4-13-27(30(24)26)33(39)42/h3-6,8-15,36H,7,16-23H2,1-2H3. The molecule has 44 heavy (non-hydrogen) atoms. The molecule has 2 aliphatic rings. The van der Waals surface area contributed by atoms with Gasteiger partial charge in [0.1, 0.15) is 0 Å². The number of benzene rings is 4. The lowest BCUT2D eigenvalue weighted by atomic mass is 9.94. The molecule has 0 saturated carbocycles. The Morgan fingerprint density at radius 3 is 1.43 bits per heavy atom. The lowest BCUT2D eigenvalue weighted by molar-refractivity contribution is 0.0583. The summed E-state index contributed by atoms with van der Waals surface area (Å²) in [6, 6.07) is 22.3. The van der Waals surface area contributed by atoms with Crippen molar-refractivity contribution in [3.63, 3.8) is 0 Å². The fourth-order valence-corrected chi connectivity index (χ4v) is 6.36. The van der Waals surface area contributed by atoms with Crippen LogP contribution in [0, 0.1) is 0 Å². The molecule has 4 aromatic carbocycles. The average Bonchev–Trinajstić information content (AvgIpc) is 3.04. The van der Waals surface area contributed by atoms with Crippen LogP contribution < -0.4 is 5.32 Å². The van der Waals surface area contributed by atoms with E-state index in [0.717, 1.165) is 54.1 Å². The van der Waals surface area contributed by atoms with Gasteiger partial charge in [0.05, 0.1) is 0 Å². The molecule has 4 amide bonds. The van der Waals surface area contributed by atoms with Crippen LogP contribution in [0.5, 0.6) is 0 Å². The predicted octanol–water partition coefficient (Wildman–Crippen LogP) is 3.73. The molecule has 0 bridgehead atoms. The summed E-state index contributed by atoms with van der Waals surface area (Å²) in [5, 5.41) is 6.47. The molecular weight excluding hydrogens is 554 g/mol. The van der Waals surface area contributed by atoms with E-state index in [-0.39, 0.29) is 23.6 Å². The largest absolute Gasteiger partial charge is 0.318 e. The summed E-state index contributed by atoms with van der Waals surface area (Å²) in [5.74, 6) is -0.972. The first-order valence-electron chi connectivity index (χ1n) is 15.2. The third-order valence-electron chi connectivity index (χ3n) is 8.75. The van der Waals surface area contributed by atoms with E-state index in [1.807, 2.05) is 62.6 Å². The van der Waals surface area contributed by atoms with Crippen LogP contribution in [0.3, 0.4) is 0 Å². The Morgan fingerprint density at radius 1 is 0.568 bits per heavy atom. The summed E-state index contributed by atoms with van der Waals surface area (Å²) in [6.45, 7) is 4.89. The molecule has 2 aliphatic heterocycles. The van der Waals surface area contributed by atoms with Gasteiger partial charge < -0.3 is 15.1 Å². The number of rotatable bonds is 13. The lowest BCUT2D eigenvalue weighted by Crippen LogP contribution is -2.46. The van der Waals surface area contributed by atoms with E-state index in [0.29, 0.717) is 48.4 Å². The fraction of sp³-hybridized carbons (Fsp3) is 0.314. The van der Waals surface area contributed by atoms with Crippen LogP contribution in [-0.4, -0.2) is 110 Å². The third-order valence-corrected chi connectivity index (χ3v) is 8.75. The van der Waals surface area contributed by atoms with E-state index in [2.05, 4.69) is 15.1 Å². The molecule has 0 radical (unpaired) electrons. The highest BCUT2D eigenvalue weighted by atomic mass is 16.2. The number of imide groups is 2. The summed E-state index contributed by atoms with van der Waals surface area (Å²) in [6.07, 6.45) is 0.855. The second-order valence-electron chi connectivity index (χ2n) is 11.5. The monoisotopic (exact) mass is 591 g/mol. The Hall–Kier alpha value is -4.44. The molecule has 0 aromatic heterocycles. The molecule has 226 valence electrons. The van der Waals surface area contributed by atoms with Gasteiger partial charge in [-0.1, -0.05) is 48.5 Å². The molecular formula is C35H37N5O4. The maximum Gasteiger partial charge on any atom is 0.261 e. The fourth-order valence-electron chi connectivity index (χ4n) is 6.36. The van der Waals surface area contributed by atoms with Crippen molar-refractivity contribution in [3.05, 3.63) is 95.1 Å². The van der Waals surface area contributed by atoms with Gasteiger partial charge in [-0.05, 0) is 68.6 Å². The van der Waals surface area contributed by atoms with Crippen LogP contribution in [0.1, 0.15) is 47.9 Å². The van der Waals surface area contributed by atoms with E-state index < -0.39 is 0 Å². The van der Waals surface area contributed by atoms with Gasteiger partial charge in [0.2, 0.25) is 0 Å². The zero-order valence-electron chi connectivity index (χ0n) is 25.2. The molecule has 0 fully saturated rings. The minimum Gasteiger partial charge on any atom is -0.318 e. The molecule has 4 aromatic rings. The SMILES string of the molecule is CNCCN(CCCN(C)CCN1C(=O)c2cccc3cccc(c23)C1=O)CCN1C(=O)c2cccc3cccc(c23)C1=O. The van der Waals surface area contributed by atoms with Crippen molar-refractivity contribution in [3.8, 4) is 0 Å². The van der Waals surface area contributed by atoms with Crippen molar-refractivity contribution in [2.45, 2.75) is 6.42 Å². The Kier molecular flexibility index (Phi) is 8.52. The lowest BCUT2D eigenvalue weighted by Gasteiger charge is -2.31. The molecule has 9 nitrogen and oxygen atoms in total. The summed E-state index contributed by atoms with van der Waals surface area (Å²) in [4.78, 5) is 60.2. The highest BCUT2D eigenvalue weighted by molar-refractivity contribution is 6.26. The highest BCUT2D eigenvalue weighted by Gasteiger charge is 2.34. The van der Waals surface area contributed by atoms with Gasteiger partial charge in [0.25, 0.3) is 23.6 Å². The topological polar surface area (TPSA) is 93.3 Å². The number of nitrogens with zero attached hydrogens (tertiary/aromatic N) is 4. The first-order valence-corrected chi connectivity index (χ1v) is 15.2. The quantitative estimate of drug-likeness (QED) is 0.237. The first kappa shape index (κ1) is 29.6. The van der Waals surface area contributed by atoms with E-state index in [9.17, 15) is 19.2 Å². The van der Waals surface area contributed by atoms with Crippen molar-refractivity contribution in [2.75, 3.05) is 66.5 Å². The minimum atomic E-state index is -0.244. The van der Waals surface area contributed by atoms with E-state index >= 15 is 0 Å². The van der Waals surface area contributed by atoms with Gasteiger partial charge in [-0.15, -0.1) is 0 Å². The minimum absolute atomic E-state index is 0.242. The number of hydrogen-bond donors (Lipinski definition) is 1. The number of nitrogens with one attached hydrogen (secondary N) is 1. The number of carbonyl (C=O) groups is 4. The Balaban J connectivity index is 1.03. The Bertz CT molecular complexity index is 1670. The van der Waals surface area contributed by atoms with Gasteiger partial charge in [-0.25, -0.2) is 0 Å².